The summed E-state index contributed by atoms with van der Waals surface area (Å²) in [6.07, 6.45) is 0. The minimum absolute atomic E-state index is 1.21. The third kappa shape index (κ3) is 9.73. The molecule has 0 aliphatic carbocycles. The Morgan fingerprint density at radius 2 is 0.524 bits per heavy atom. The maximum absolute atomic E-state index is 2.47. The van der Waals surface area contributed by atoms with E-state index in [2.05, 4.69) is 372 Å². The fraction of sp³-hybridized carbons (Fsp3) is 0. The van der Waals surface area contributed by atoms with E-state index in [1.54, 1.807) is 0 Å². The van der Waals surface area contributed by atoms with Crippen LogP contribution in [0.4, 0.5) is 0 Å². The molecule has 103 heavy (non-hydrogen) atoms. The largest absolute Gasteiger partial charge is 0.309 e. The molecule has 0 spiro atoms. The van der Waals surface area contributed by atoms with E-state index in [1.165, 1.54) is 197 Å². The molecule has 0 unspecified atom stereocenters. The van der Waals surface area contributed by atoms with Gasteiger partial charge in [-0.3, -0.25) is 0 Å². The third-order valence-corrected chi connectivity index (χ3v) is 25.5. The van der Waals surface area contributed by atoms with Crippen molar-refractivity contribution >= 4 is 191 Å². The van der Waals surface area contributed by atoms with Crippen LogP contribution < -0.4 is 0 Å². The van der Waals surface area contributed by atoms with Gasteiger partial charge < -0.3 is 13.7 Å². The normalized spacial score (nSPS) is 11.9. The molecule has 0 amide bonds. The summed E-state index contributed by atoms with van der Waals surface area (Å²) in [5.74, 6) is 0. The summed E-state index contributed by atoms with van der Waals surface area (Å²) in [6, 6.07) is 130. The van der Waals surface area contributed by atoms with Gasteiger partial charge in [0.15, 0.2) is 0 Å². The summed E-state index contributed by atoms with van der Waals surface area (Å²) in [5, 5.41) is 18.4. The zero-order valence-corrected chi connectivity index (χ0v) is 58.8. The lowest BCUT2D eigenvalue weighted by Gasteiger charge is -2.11. The molecule has 3 nitrogen and oxygen atoms in total. The predicted octanol–water partition coefficient (Wildman–Crippen LogP) is 28.8. The molecule has 0 bridgehead atoms. The molecular weight excluding hydrogens is 1320 g/mol. The van der Waals surface area contributed by atoms with Crippen LogP contribution in [0.2, 0.25) is 0 Å². The van der Waals surface area contributed by atoms with Gasteiger partial charge in [-0.15, -0.1) is 45.3 Å². The van der Waals surface area contributed by atoms with Crippen molar-refractivity contribution < 1.29 is 0 Å². The Bertz CT molecular complexity index is 7170. The first-order valence-electron chi connectivity index (χ1n) is 34.9. The smallest absolute Gasteiger partial charge is 0.0555 e. The van der Waals surface area contributed by atoms with E-state index in [1.807, 2.05) is 45.3 Å². The maximum Gasteiger partial charge on any atom is 0.0555 e. The number of para-hydroxylation sites is 3. The van der Waals surface area contributed by atoms with Crippen molar-refractivity contribution in [2.45, 2.75) is 0 Å². The molecule has 23 rings (SSSR count). The van der Waals surface area contributed by atoms with Gasteiger partial charge in [0.1, 0.15) is 0 Å². The number of aromatic nitrogens is 3. The van der Waals surface area contributed by atoms with E-state index >= 15 is 0 Å². The quantitative estimate of drug-likeness (QED) is 0.158. The van der Waals surface area contributed by atoms with Crippen molar-refractivity contribution in [2.75, 3.05) is 0 Å². The van der Waals surface area contributed by atoms with Crippen molar-refractivity contribution in [1.82, 2.24) is 13.7 Å². The molecule has 0 N–H and O–H groups in total. The van der Waals surface area contributed by atoms with Crippen LogP contribution in [-0.2, 0) is 0 Å². The predicted molar refractivity (Wildman–Crippen MR) is 450 cm³/mol. The highest BCUT2D eigenvalue weighted by molar-refractivity contribution is 7.27. The number of nitrogens with zero attached hydrogens (tertiary/aromatic N) is 3. The van der Waals surface area contributed by atoms with Gasteiger partial charge >= 0.3 is 0 Å². The molecular formula is C96H59N3S4. The highest BCUT2D eigenvalue weighted by Crippen LogP contribution is 2.47. The van der Waals surface area contributed by atoms with Crippen LogP contribution in [0.3, 0.4) is 0 Å². The van der Waals surface area contributed by atoms with Gasteiger partial charge in [-0.1, -0.05) is 237 Å². The molecule has 7 heterocycles. The lowest BCUT2D eigenvalue weighted by molar-refractivity contribution is 1.19. The minimum atomic E-state index is 1.21. The molecule has 16 aromatic carbocycles. The van der Waals surface area contributed by atoms with E-state index in [9.17, 15) is 0 Å². The van der Waals surface area contributed by atoms with Gasteiger partial charge in [-0.25, -0.2) is 0 Å². The zero-order valence-electron chi connectivity index (χ0n) is 55.5. The van der Waals surface area contributed by atoms with E-state index in [0.717, 1.165) is 0 Å². The number of benzene rings is 16. The summed E-state index contributed by atoms with van der Waals surface area (Å²) >= 11 is 7.50. The average Bonchev–Trinajstić information content (AvgIpc) is 1.58. The van der Waals surface area contributed by atoms with Crippen LogP contribution in [0.15, 0.2) is 358 Å². The second kappa shape index (κ2) is 24.3. The summed E-state index contributed by atoms with van der Waals surface area (Å²) in [7, 11) is 0. The van der Waals surface area contributed by atoms with Crippen molar-refractivity contribution in [3.8, 4) is 50.4 Å². The lowest BCUT2D eigenvalue weighted by atomic mass is 10.0. The molecule has 0 saturated heterocycles. The first kappa shape index (κ1) is 59.6. The maximum atomic E-state index is 2.47. The molecule has 0 radical (unpaired) electrons. The Balaban J connectivity index is 0.000000102. The van der Waals surface area contributed by atoms with E-state index in [-0.39, 0.29) is 0 Å². The fourth-order valence-corrected chi connectivity index (χ4v) is 20.8. The molecule has 0 aliphatic rings. The van der Waals surface area contributed by atoms with Gasteiger partial charge in [0, 0.05) is 119 Å². The first-order valence-corrected chi connectivity index (χ1v) is 38.2. The van der Waals surface area contributed by atoms with Crippen LogP contribution >= 0.6 is 45.3 Å². The zero-order chi connectivity index (χ0) is 67.6. The van der Waals surface area contributed by atoms with Crippen molar-refractivity contribution in [1.29, 1.82) is 0 Å². The van der Waals surface area contributed by atoms with Gasteiger partial charge in [-0.2, -0.15) is 0 Å². The summed E-state index contributed by atoms with van der Waals surface area (Å²) in [5.41, 5.74) is 18.7. The van der Waals surface area contributed by atoms with E-state index in [0.29, 0.717) is 0 Å². The minimum Gasteiger partial charge on any atom is -0.309 e. The Morgan fingerprint density at radius 1 is 0.175 bits per heavy atom. The van der Waals surface area contributed by atoms with Crippen molar-refractivity contribution in [3.63, 3.8) is 0 Å². The van der Waals surface area contributed by atoms with Crippen molar-refractivity contribution in [2.24, 2.45) is 0 Å². The molecule has 0 atom stereocenters. The summed E-state index contributed by atoms with van der Waals surface area (Å²) in [4.78, 5) is 0. The standard InChI is InChI=1S/C36H21NS2.C36H23NS.C24H15NS/c1-4-13-31-25(8-1)29-20-22(24-11-7-12-28-26-9-2-6-15-34(26)39-36(24)28)16-18-32(29)37(31)23-17-19-35-30(21-23)27-10-3-5-14-33(27)38-35;1-3-10-24(11-4-1)26-18-20-31-29(22-26)30-23-27(25-12-5-2-6-13-25)19-21-32(30)37(31)33-15-9-17-35-36(33)28-14-7-8-16-34(28)38-35;1-4-11-19-16(8-1)17-9-2-5-12-20(17)25(19)21-13-7-15-23-24(21)18-10-3-6-14-22(18)26-23/h1-21H;1-23H;1-15H. The first-order chi connectivity index (χ1) is 51.1. The number of hydrogen-bond donors (Lipinski definition) is 0. The highest BCUT2D eigenvalue weighted by atomic mass is 32.1. The Hall–Kier alpha value is -12.2. The SMILES string of the molecule is c1ccc(-c2ccc3c(c2)c2cc(-c4ccccc4)ccc2n3-c2cccc3sc4ccccc4c23)cc1.c1ccc2c(c1)sc1ccc(-n3c4ccccc4c4cc(-c5cccc6c5sc5ccccc56)ccc43)cc12.c1ccc2c(c1)sc1cccc(-n3c4ccccc4c4ccccc43)c12. The number of fused-ring (bicyclic) bond motifs is 21. The Kier molecular flexibility index (Phi) is 14.1. The highest BCUT2D eigenvalue weighted by Gasteiger charge is 2.22. The van der Waals surface area contributed by atoms with Crippen LogP contribution in [0, 0.1) is 0 Å². The Morgan fingerprint density at radius 3 is 1.07 bits per heavy atom. The molecule has 23 aromatic rings. The summed E-state index contributed by atoms with van der Waals surface area (Å²) in [6.45, 7) is 0. The van der Waals surface area contributed by atoms with Crippen LogP contribution in [0.5, 0.6) is 0 Å². The molecule has 0 aliphatic heterocycles. The van der Waals surface area contributed by atoms with Gasteiger partial charge in [-0.05, 0) is 155 Å². The van der Waals surface area contributed by atoms with Crippen LogP contribution in [0.25, 0.3) is 197 Å². The second-order valence-electron chi connectivity index (χ2n) is 26.5. The monoisotopic (exact) mass is 1380 g/mol. The van der Waals surface area contributed by atoms with E-state index in [4.69, 9.17) is 0 Å². The molecule has 7 aromatic heterocycles. The lowest BCUT2D eigenvalue weighted by Crippen LogP contribution is -1.94. The number of hydrogen-bond acceptors (Lipinski definition) is 4. The van der Waals surface area contributed by atoms with Crippen molar-refractivity contribution in [3.05, 3.63) is 358 Å². The molecule has 482 valence electrons. The van der Waals surface area contributed by atoms with Crippen LogP contribution in [-0.4, -0.2) is 13.7 Å². The molecule has 0 fully saturated rings. The second-order valence-corrected chi connectivity index (χ2v) is 30.8. The number of thiophene rings is 4. The topological polar surface area (TPSA) is 14.8 Å². The Labute approximate surface area is 608 Å². The van der Waals surface area contributed by atoms with Gasteiger partial charge in [0.25, 0.3) is 0 Å². The molecule has 7 heteroatoms. The van der Waals surface area contributed by atoms with E-state index < -0.39 is 0 Å². The van der Waals surface area contributed by atoms with Gasteiger partial charge in [0.2, 0.25) is 0 Å². The van der Waals surface area contributed by atoms with Crippen LogP contribution in [0.1, 0.15) is 0 Å². The molecule has 0 saturated carbocycles. The summed E-state index contributed by atoms with van der Waals surface area (Å²) < 4.78 is 18.0. The average molecular weight is 1380 g/mol. The number of rotatable bonds is 6. The third-order valence-electron chi connectivity index (χ3n) is 20.8. The fourth-order valence-electron chi connectivity index (χ4n) is 16.2. The van der Waals surface area contributed by atoms with Gasteiger partial charge in [0.05, 0.1) is 44.5 Å².